The Morgan fingerprint density at radius 3 is 3.12 bits per heavy atom. The van der Waals surface area contributed by atoms with Gasteiger partial charge in [0.2, 0.25) is 5.91 Å². The van der Waals surface area contributed by atoms with Crippen LogP contribution in [0.1, 0.15) is 42.3 Å². The number of pyridine rings is 1. The lowest BCUT2D eigenvalue weighted by Gasteiger charge is -2.24. The first-order chi connectivity index (χ1) is 12.8. The Balaban J connectivity index is 1.40. The van der Waals surface area contributed by atoms with Crippen LogP contribution in [0.15, 0.2) is 42.7 Å². The smallest absolute Gasteiger partial charge is 0.223 e. The van der Waals surface area contributed by atoms with E-state index in [0.717, 1.165) is 37.1 Å². The Morgan fingerprint density at radius 2 is 2.31 bits per heavy atom. The van der Waals surface area contributed by atoms with Crippen molar-refractivity contribution in [2.45, 2.75) is 38.3 Å². The maximum Gasteiger partial charge on any atom is 0.223 e. The first kappa shape index (κ1) is 17.0. The summed E-state index contributed by atoms with van der Waals surface area (Å²) in [6.45, 7) is 1.78. The second-order valence-electron chi connectivity index (χ2n) is 6.89. The van der Waals surface area contributed by atoms with Gasteiger partial charge in [0, 0.05) is 24.9 Å². The average Bonchev–Trinajstić information content (AvgIpc) is 3.10. The Labute approximate surface area is 153 Å². The van der Waals surface area contributed by atoms with E-state index in [1.807, 2.05) is 22.9 Å². The van der Waals surface area contributed by atoms with E-state index in [9.17, 15) is 4.79 Å². The minimum Gasteiger partial charge on any atom is -0.370 e. The molecule has 0 saturated carbocycles. The molecule has 1 aliphatic carbocycles. The van der Waals surface area contributed by atoms with Gasteiger partial charge in [-0.1, -0.05) is 18.2 Å². The zero-order chi connectivity index (χ0) is 17.8. The molecule has 3 heterocycles. The highest BCUT2D eigenvalue weighted by molar-refractivity contribution is 5.79. The van der Waals surface area contributed by atoms with E-state index in [-0.39, 0.29) is 17.9 Å². The van der Waals surface area contributed by atoms with Gasteiger partial charge in [-0.05, 0) is 43.4 Å². The van der Waals surface area contributed by atoms with Crippen LogP contribution in [0.25, 0.3) is 0 Å². The number of allylic oxidation sites excluding steroid dienone is 2. The maximum atomic E-state index is 12.4. The maximum absolute atomic E-state index is 12.4. The summed E-state index contributed by atoms with van der Waals surface area (Å²) in [5.41, 5.74) is 3.12. The number of ether oxygens (including phenoxy) is 1. The van der Waals surface area contributed by atoms with Gasteiger partial charge in [-0.15, -0.1) is 0 Å². The Hall–Kier alpha value is -2.47. The van der Waals surface area contributed by atoms with Crippen LogP contribution in [0.3, 0.4) is 0 Å². The number of carbonyl (C=O) groups is 1. The summed E-state index contributed by atoms with van der Waals surface area (Å²) in [6, 6.07) is 5.88. The van der Waals surface area contributed by atoms with Gasteiger partial charge in [-0.2, -0.15) is 5.10 Å². The normalized spacial score (nSPS) is 22.0. The van der Waals surface area contributed by atoms with E-state index in [1.54, 1.807) is 6.20 Å². The molecule has 2 aliphatic rings. The van der Waals surface area contributed by atoms with Crippen LogP contribution < -0.4 is 5.32 Å². The fraction of sp³-hybridized carbons (Fsp3) is 0.450. The highest BCUT2D eigenvalue weighted by Crippen LogP contribution is 2.26. The molecule has 0 saturated heterocycles. The first-order valence-electron chi connectivity index (χ1n) is 9.30. The number of hydrogen-bond acceptors (Lipinski definition) is 4. The van der Waals surface area contributed by atoms with E-state index in [1.165, 1.54) is 5.56 Å². The van der Waals surface area contributed by atoms with Gasteiger partial charge in [-0.25, -0.2) is 0 Å². The molecule has 0 spiro atoms. The third-order valence-corrected chi connectivity index (χ3v) is 5.02. The van der Waals surface area contributed by atoms with Gasteiger partial charge >= 0.3 is 0 Å². The molecule has 1 aliphatic heterocycles. The van der Waals surface area contributed by atoms with Crippen LogP contribution in [0.5, 0.6) is 0 Å². The quantitative estimate of drug-likeness (QED) is 0.839. The minimum absolute atomic E-state index is 0.0878. The molecule has 0 bridgehead atoms. The molecule has 26 heavy (non-hydrogen) atoms. The fourth-order valence-corrected chi connectivity index (χ4v) is 3.59. The van der Waals surface area contributed by atoms with Gasteiger partial charge in [-0.3, -0.25) is 14.5 Å². The molecule has 2 aromatic heterocycles. The number of nitrogens with zero attached hydrogens (tertiary/aromatic N) is 3. The monoisotopic (exact) mass is 352 g/mol. The van der Waals surface area contributed by atoms with Crippen LogP contribution >= 0.6 is 0 Å². The SMILES string of the molecule is O=C(NC[C@H]1OCCc2cn(Cc3ccccn3)nc21)[C@H]1CC=CCC1. The second-order valence-corrected chi connectivity index (χ2v) is 6.89. The molecule has 136 valence electrons. The summed E-state index contributed by atoms with van der Waals surface area (Å²) in [6.07, 6.45) is 11.5. The number of fused-ring (bicyclic) bond motifs is 1. The van der Waals surface area contributed by atoms with Crippen LogP contribution in [0, 0.1) is 5.92 Å². The van der Waals surface area contributed by atoms with Crippen molar-refractivity contribution in [2.24, 2.45) is 5.92 Å². The summed E-state index contributed by atoms with van der Waals surface area (Å²) in [4.78, 5) is 16.7. The zero-order valence-electron chi connectivity index (χ0n) is 14.8. The van der Waals surface area contributed by atoms with E-state index >= 15 is 0 Å². The van der Waals surface area contributed by atoms with E-state index in [2.05, 4.69) is 28.6 Å². The number of nitrogens with one attached hydrogen (secondary N) is 1. The van der Waals surface area contributed by atoms with Crippen LogP contribution in [0.4, 0.5) is 0 Å². The summed E-state index contributed by atoms with van der Waals surface area (Å²) >= 11 is 0. The summed E-state index contributed by atoms with van der Waals surface area (Å²) in [5.74, 6) is 0.211. The van der Waals surface area contributed by atoms with Crippen molar-refractivity contribution in [3.63, 3.8) is 0 Å². The van der Waals surface area contributed by atoms with Gasteiger partial charge in [0.15, 0.2) is 0 Å². The largest absolute Gasteiger partial charge is 0.370 e. The number of amides is 1. The molecule has 1 N–H and O–H groups in total. The van der Waals surface area contributed by atoms with Crippen molar-refractivity contribution in [3.8, 4) is 0 Å². The lowest BCUT2D eigenvalue weighted by Crippen LogP contribution is -2.36. The molecule has 0 fully saturated rings. The van der Waals surface area contributed by atoms with Crippen molar-refractivity contribution in [2.75, 3.05) is 13.2 Å². The minimum atomic E-state index is -0.174. The molecule has 2 aromatic rings. The molecule has 6 heteroatoms. The third-order valence-electron chi connectivity index (χ3n) is 5.02. The van der Waals surface area contributed by atoms with Crippen molar-refractivity contribution >= 4 is 5.91 Å². The average molecular weight is 352 g/mol. The predicted molar refractivity (Wildman–Crippen MR) is 97.5 cm³/mol. The van der Waals surface area contributed by atoms with Crippen LogP contribution in [-0.4, -0.2) is 33.8 Å². The topological polar surface area (TPSA) is 69.0 Å². The van der Waals surface area contributed by atoms with E-state index < -0.39 is 0 Å². The molecule has 0 aromatic carbocycles. The molecule has 0 unspecified atom stereocenters. The van der Waals surface area contributed by atoms with Crippen LogP contribution in [-0.2, 0) is 22.5 Å². The van der Waals surface area contributed by atoms with Crippen molar-refractivity contribution in [1.29, 1.82) is 0 Å². The van der Waals surface area contributed by atoms with Gasteiger partial charge in [0.05, 0.1) is 24.5 Å². The predicted octanol–water partition coefficient (Wildman–Crippen LogP) is 2.41. The molecule has 4 rings (SSSR count). The van der Waals surface area contributed by atoms with Gasteiger partial charge in [0.25, 0.3) is 0 Å². The van der Waals surface area contributed by atoms with Crippen LogP contribution in [0.2, 0.25) is 0 Å². The third kappa shape index (κ3) is 3.85. The van der Waals surface area contributed by atoms with E-state index in [4.69, 9.17) is 9.84 Å². The number of carbonyl (C=O) groups excluding carboxylic acids is 1. The number of rotatable bonds is 5. The lowest BCUT2D eigenvalue weighted by molar-refractivity contribution is -0.126. The second kappa shape index (κ2) is 7.83. The highest BCUT2D eigenvalue weighted by Gasteiger charge is 2.26. The molecule has 2 atom stereocenters. The first-order valence-corrected chi connectivity index (χ1v) is 9.30. The molecule has 0 radical (unpaired) electrons. The molecular weight excluding hydrogens is 328 g/mol. The van der Waals surface area contributed by atoms with Crippen molar-refractivity contribution in [1.82, 2.24) is 20.1 Å². The highest BCUT2D eigenvalue weighted by atomic mass is 16.5. The summed E-state index contributed by atoms with van der Waals surface area (Å²) in [5, 5.41) is 7.77. The van der Waals surface area contributed by atoms with E-state index in [0.29, 0.717) is 19.7 Å². The molecular formula is C20H24N4O2. The standard InChI is InChI=1S/C20H24N4O2/c25-20(15-6-2-1-3-7-15)22-12-18-19-16(9-11-26-18)13-24(23-19)14-17-8-4-5-10-21-17/h1-2,4-5,8,10,13,15,18H,3,6-7,9,11-12,14H2,(H,22,25)/t15-,18+/m0/s1. The Morgan fingerprint density at radius 1 is 1.35 bits per heavy atom. The Kier molecular flexibility index (Phi) is 5.11. The molecule has 6 nitrogen and oxygen atoms in total. The Bertz CT molecular complexity index is 784. The lowest BCUT2D eigenvalue weighted by atomic mass is 9.93. The van der Waals surface area contributed by atoms with Crippen molar-refractivity contribution < 1.29 is 9.53 Å². The zero-order valence-corrected chi connectivity index (χ0v) is 14.8. The number of hydrogen-bond donors (Lipinski definition) is 1. The van der Waals surface area contributed by atoms with Gasteiger partial charge < -0.3 is 10.1 Å². The molecule has 1 amide bonds. The van der Waals surface area contributed by atoms with Gasteiger partial charge in [0.1, 0.15) is 6.10 Å². The summed E-state index contributed by atoms with van der Waals surface area (Å²) < 4.78 is 7.80. The fourth-order valence-electron chi connectivity index (χ4n) is 3.59. The van der Waals surface area contributed by atoms with Crippen molar-refractivity contribution in [3.05, 3.63) is 59.7 Å². The summed E-state index contributed by atoms with van der Waals surface area (Å²) in [7, 11) is 0. The number of aromatic nitrogens is 3.